The van der Waals surface area contributed by atoms with Gasteiger partial charge < -0.3 is 15.6 Å². The van der Waals surface area contributed by atoms with Gasteiger partial charge >= 0.3 is 5.97 Å². The van der Waals surface area contributed by atoms with Crippen molar-refractivity contribution in [3.63, 3.8) is 0 Å². The Labute approximate surface area is 177 Å². The topological polar surface area (TPSA) is 128 Å². The SMILES string of the molecule is COc1ccc(C(=O)O)cc1N1C(=O)C[C@@H](c2c(C)nn(-c3ccccc3)c2N)C1=O. The Morgan fingerprint density at radius 1 is 1.19 bits per heavy atom. The van der Waals surface area contributed by atoms with Crippen LogP contribution in [0, 0.1) is 6.92 Å². The first-order valence-corrected chi connectivity index (χ1v) is 9.52. The molecule has 9 nitrogen and oxygen atoms in total. The molecule has 0 aliphatic carbocycles. The van der Waals surface area contributed by atoms with Crippen molar-refractivity contribution in [1.82, 2.24) is 9.78 Å². The standard InChI is InChI=1S/C22H20N4O5/c1-12-19(20(23)26(24-12)14-6-4-3-5-7-14)15-11-18(27)25(21(15)28)16-10-13(22(29)30)8-9-17(16)31-2/h3-10,15H,11,23H2,1-2H3,(H,29,30)/t15-/m0/s1. The molecule has 1 aromatic heterocycles. The number of hydrogen-bond donors (Lipinski definition) is 2. The van der Waals surface area contributed by atoms with E-state index in [-0.39, 0.29) is 29.2 Å². The second kappa shape index (κ2) is 7.60. The molecular formula is C22H20N4O5. The summed E-state index contributed by atoms with van der Waals surface area (Å²) in [5, 5.41) is 13.8. The van der Waals surface area contributed by atoms with Crippen molar-refractivity contribution in [3.8, 4) is 11.4 Å². The van der Waals surface area contributed by atoms with Gasteiger partial charge in [0, 0.05) is 12.0 Å². The van der Waals surface area contributed by atoms with Crippen molar-refractivity contribution in [3.05, 3.63) is 65.4 Å². The van der Waals surface area contributed by atoms with Crippen molar-refractivity contribution in [1.29, 1.82) is 0 Å². The van der Waals surface area contributed by atoms with Gasteiger partial charge in [0.2, 0.25) is 11.8 Å². The van der Waals surface area contributed by atoms with Crippen molar-refractivity contribution in [2.45, 2.75) is 19.3 Å². The molecule has 0 spiro atoms. The summed E-state index contributed by atoms with van der Waals surface area (Å²) in [5.74, 6) is -2.48. The van der Waals surface area contributed by atoms with Crippen molar-refractivity contribution in [2.24, 2.45) is 0 Å². The van der Waals surface area contributed by atoms with Crippen molar-refractivity contribution < 1.29 is 24.2 Å². The van der Waals surface area contributed by atoms with Crippen LogP contribution in [0.1, 0.15) is 34.0 Å². The number of carboxylic acid groups (broad SMARTS) is 1. The molecule has 0 unspecified atom stereocenters. The van der Waals surface area contributed by atoms with Gasteiger partial charge in [0.15, 0.2) is 0 Å². The zero-order chi connectivity index (χ0) is 22.3. The first kappa shape index (κ1) is 20.1. The van der Waals surface area contributed by atoms with E-state index in [2.05, 4.69) is 5.10 Å². The van der Waals surface area contributed by atoms with E-state index >= 15 is 0 Å². The van der Waals surface area contributed by atoms with E-state index in [1.54, 1.807) is 6.92 Å². The van der Waals surface area contributed by atoms with Crippen molar-refractivity contribution in [2.75, 3.05) is 17.7 Å². The summed E-state index contributed by atoms with van der Waals surface area (Å²) >= 11 is 0. The number of rotatable bonds is 5. The van der Waals surface area contributed by atoms with E-state index in [1.807, 2.05) is 30.3 Å². The first-order valence-electron chi connectivity index (χ1n) is 9.52. The van der Waals surface area contributed by atoms with Gasteiger partial charge in [0.05, 0.1) is 35.7 Å². The molecule has 31 heavy (non-hydrogen) atoms. The van der Waals surface area contributed by atoms with Gasteiger partial charge in [0.1, 0.15) is 11.6 Å². The lowest BCUT2D eigenvalue weighted by molar-refractivity contribution is -0.121. The molecule has 1 atom stereocenters. The van der Waals surface area contributed by atoms with Crippen LogP contribution >= 0.6 is 0 Å². The van der Waals surface area contributed by atoms with Crippen LogP contribution in [0.15, 0.2) is 48.5 Å². The van der Waals surface area contributed by atoms with Gasteiger partial charge in [-0.15, -0.1) is 0 Å². The quantitative estimate of drug-likeness (QED) is 0.607. The number of anilines is 2. The number of aryl methyl sites for hydroxylation is 1. The summed E-state index contributed by atoms with van der Waals surface area (Å²) in [5.41, 5.74) is 8.13. The Morgan fingerprint density at radius 2 is 1.90 bits per heavy atom. The highest BCUT2D eigenvalue weighted by molar-refractivity contribution is 6.23. The number of amides is 2. The zero-order valence-corrected chi connectivity index (χ0v) is 16.9. The second-order valence-corrected chi connectivity index (χ2v) is 7.15. The molecule has 2 aromatic carbocycles. The van der Waals surface area contributed by atoms with Gasteiger partial charge in [-0.1, -0.05) is 18.2 Å². The van der Waals surface area contributed by atoms with Crippen LogP contribution in [0.5, 0.6) is 5.75 Å². The third kappa shape index (κ3) is 3.29. The third-order valence-electron chi connectivity index (χ3n) is 5.31. The number of carboxylic acids is 1. The highest BCUT2D eigenvalue weighted by atomic mass is 16.5. The summed E-state index contributed by atoms with van der Waals surface area (Å²) in [6.45, 7) is 1.73. The molecule has 1 aliphatic rings. The van der Waals surface area contributed by atoms with Crippen LogP contribution in [0.4, 0.5) is 11.5 Å². The molecule has 158 valence electrons. The molecule has 1 aliphatic heterocycles. The van der Waals surface area contributed by atoms with Crippen LogP contribution in [0.3, 0.4) is 0 Å². The van der Waals surface area contributed by atoms with Crippen LogP contribution in [-0.4, -0.2) is 39.8 Å². The number of para-hydroxylation sites is 1. The van der Waals surface area contributed by atoms with Crippen LogP contribution < -0.4 is 15.4 Å². The molecule has 9 heteroatoms. The number of carbonyl (C=O) groups is 3. The number of ether oxygens (including phenoxy) is 1. The molecular weight excluding hydrogens is 400 g/mol. The molecule has 0 bridgehead atoms. The Kier molecular flexibility index (Phi) is 4.94. The number of imide groups is 1. The molecule has 4 rings (SSSR count). The fraction of sp³-hybridized carbons (Fsp3) is 0.182. The molecule has 3 aromatic rings. The minimum absolute atomic E-state index is 0.0626. The van der Waals surface area contributed by atoms with Crippen LogP contribution in [0.2, 0.25) is 0 Å². The number of hydrogen-bond acceptors (Lipinski definition) is 6. The Balaban J connectivity index is 1.76. The number of methoxy groups -OCH3 is 1. The Hall–Kier alpha value is -4.14. The Bertz CT molecular complexity index is 1200. The van der Waals surface area contributed by atoms with E-state index in [0.29, 0.717) is 11.3 Å². The highest BCUT2D eigenvalue weighted by Gasteiger charge is 2.44. The fourth-order valence-electron chi connectivity index (χ4n) is 3.86. The molecule has 1 fully saturated rings. The second-order valence-electron chi connectivity index (χ2n) is 7.15. The van der Waals surface area contributed by atoms with Gasteiger partial charge in [-0.2, -0.15) is 5.10 Å². The minimum Gasteiger partial charge on any atom is -0.495 e. The fourth-order valence-corrected chi connectivity index (χ4v) is 3.86. The van der Waals surface area contributed by atoms with Gasteiger partial charge in [-0.25, -0.2) is 14.4 Å². The lowest BCUT2D eigenvalue weighted by Crippen LogP contribution is -2.30. The summed E-state index contributed by atoms with van der Waals surface area (Å²) in [4.78, 5) is 38.5. The molecule has 1 saturated heterocycles. The van der Waals surface area contributed by atoms with Gasteiger partial charge in [-0.3, -0.25) is 9.59 Å². The maximum Gasteiger partial charge on any atom is 0.335 e. The number of carbonyl (C=O) groups excluding carboxylic acids is 2. The lowest BCUT2D eigenvalue weighted by Gasteiger charge is -2.18. The zero-order valence-electron chi connectivity index (χ0n) is 16.9. The summed E-state index contributed by atoms with van der Waals surface area (Å²) in [6.07, 6.45) is -0.106. The molecule has 3 N–H and O–H groups in total. The van der Waals surface area contributed by atoms with Gasteiger partial charge in [0.25, 0.3) is 0 Å². The van der Waals surface area contributed by atoms with Crippen LogP contribution in [0.25, 0.3) is 5.69 Å². The molecule has 0 radical (unpaired) electrons. The average Bonchev–Trinajstić information content (AvgIpc) is 3.22. The summed E-state index contributed by atoms with van der Waals surface area (Å²) in [6, 6.07) is 13.2. The monoisotopic (exact) mass is 420 g/mol. The van der Waals surface area contributed by atoms with E-state index in [9.17, 15) is 19.5 Å². The summed E-state index contributed by atoms with van der Waals surface area (Å²) < 4.78 is 6.80. The van der Waals surface area contributed by atoms with E-state index < -0.39 is 23.7 Å². The lowest BCUT2D eigenvalue weighted by atomic mass is 9.97. The van der Waals surface area contributed by atoms with E-state index in [1.165, 1.54) is 30.0 Å². The van der Waals surface area contributed by atoms with Gasteiger partial charge in [-0.05, 0) is 37.3 Å². The molecule has 0 saturated carbocycles. The number of aromatic carboxylic acids is 1. The van der Waals surface area contributed by atoms with Crippen LogP contribution in [-0.2, 0) is 9.59 Å². The van der Waals surface area contributed by atoms with E-state index in [0.717, 1.165) is 10.6 Å². The molecule has 2 amide bonds. The van der Waals surface area contributed by atoms with Crippen molar-refractivity contribution >= 4 is 29.3 Å². The number of nitrogens with zero attached hydrogens (tertiary/aromatic N) is 3. The highest BCUT2D eigenvalue weighted by Crippen LogP contribution is 2.41. The number of aromatic nitrogens is 2. The normalized spacial score (nSPS) is 16.1. The first-order chi connectivity index (χ1) is 14.8. The number of nitrogen functional groups attached to an aromatic ring is 1. The van der Waals surface area contributed by atoms with E-state index in [4.69, 9.17) is 10.5 Å². The predicted octanol–water partition coefficient (Wildman–Crippen LogP) is 2.52. The summed E-state index contributed by atoms with van der Waals surface area (Å²) in [7, 11) is 1.38. The predicted molar refractivity (Wildman–Crippen MR) is 113 cm³/mol. The smallest absolute Gasteiger partial charge is 0.335 e. The Morgan fingerprint density at radius 3 is 2.55 bits per heavy atom. The maximum absolute atomic E-state index is 13.3. The largest absolute Gasteiger partial charge is 0.495 e. The number of benzene rings is 2. The number of nitrogens with two attached hydrogens (primary N) is 1. The third-order valence-corrected chi connectivity index (χ3v) is 5.31. The molecule has 2 heterocycles. The average molecular weight is 420 g/mol. The minimum atomic E-state index is -1.18. The maximum atomic E-state index is 13.3.